The van der Waals surface area contributed by atoms with Crippen LogP contribution < -0.4 is 5.32 Å². The summed E-state index contributed by atoms with van der Waals surface area (Å²) in [6, 6.07) is -0.546. The highest BCUT2D eigenvalue weighted by molar-refractivity contribution is 5.76. The highest BCUT2D eigenvalue weighted by atomic mass is 16.5. The van der Waals surface area contributed by atoms with Crippen LogP contribution >= 0.6 is 0 Å². The summed E-state index contributed by atoms with van der Waals surface area (Å²) < 4.78 is 5.50. The molecule has 0 aromatic heterocycles. The van der Waals surface area contributed by atoms with Gasteiger partial charge in [-0.2, -0.15) is 0 Å². The standard InChI is InChI=1S/C62H121NO5/c1-3-5-7-9-11-13-15-17-18-19-25-28-32-36-40-44-48-52-56-62(67)68-57-53-49-45-41-37-33-29-26-23-21-20-22-24-27-31-35-39-43-47-51-55-61(66)63-59(58-64)60(65)54-50-46-42-38-34-30-16-14-12-10-8-6-4-2/h20,22,59-60,64-65H,3-19,21,23-58H2,1-2H3,(H,63,66)/b22-20-. The fourth-order valence-electron chi connectivity index (χ4n) is 9.81. The van der Waals surface area contributed by atoms with Crippen LogP contribution in [0.2, 0.25) is 0 Å². The molecule has 6 nitrogen and oxygen atoms in total. The predicted octanol–water partition coefficient (Wildman–Crippen LogP) is 19.2. The third-order valence-corrected chi connectivity index (χ3v) is 14.6. The molecule has 0 spiro atoms. The molecule has 68 heavy (non-hydrogen) atoms. The third kappa shape index (κ3) is 53.9. The summed E-state index contributed by atoms with van der Waals surface area (Å²) in [5.74, 6) is -0.0308. The average molecular weight is 961 g/mol. The molecule has 0 aromatic carbocycles. The topological polar surface area (TPSA) is 95.9 Å². The molecule has 0 saturated carbocycles. The summed E-state index contributed by atoms with van der Waals surface area (Å²) in [5.41, 5.74) is 0. The van der Waals surface area contributed by atoms with Crippen LogP contribution in [0.4, 0.5) is 0 Å². The lowest BCUT2D eigenvalue weighted by Gasteiger charge is -2.22. The van der Waals surface area contributed by atoms with Gasteiger partial charge >= 0.3 is 5.97 Å². The van der Waals surface area contributed by atoms with Gasteiger partial charge in [-0.05, 0) is 51.4 Å². The molecule has 0 aromatic rings. The van der Waals surface area contributed by atoms with Crippen LogP contribution in [0.15, 0.2) is 12.2 Å². The minimum atomic E-state index is -0.668. The van der Waals surface area contributed by atoms with E-state index in [-0.39, 0.29) is 18.5 Å². The summed E-state index contributed by atoms with van der Waals surface area (Å²) in [7, 11) is 0. The van der Waals surface area contributed by atoms with Crippen LogP contribution in [0.5, 0.6) is 0 Å². The van der Waals surface area contributed by atoms with Gasteiger partial charge in [0.15, 0.2) is 0 Å². The van der Waals surface area contributed by atoms with E-state index in [2.05, 4.69) is 31.3 Å². The lowest BCUT2D eigenvalue weighted by Crippen LogP contribution is -2.45. The summed E-state index contributed by atoms with van der Waals surface area (Å²) in [4.78, 5) is 24.6. The van der Waals surface area contributed by atoms with E-state index in [1.54, 1.807) is 0 Å². The van der Waals surface area contributed by atoms with E-state index in [9.17, 15) is 19.8 Å². The first kappa shape index (κ1) is 66.6. The van der Waals surface area contributed by atoms with E-state index in [0.29, 0.717) is 25.9 Å². The number of esters is 1. The van der Waals surface area contributed by atoms with Crippen molar-refractivity contribution < 1.29 is 24.5 Å². The summed E-state index contributed by atoms with van der Waals surface area (Å²) >= 11 is 0. The first-order valence-electron chi connectivity index (χ1n) is 30.9. The Balaban J connectivity index is 3.39. The van der Waals surface area contributed by atoms with Gasteiger partial charge in [0.25, 0.3) is 0 Å². The second-order valence-electron chi connectivity index (χ2n) is 21.4. The van der Waals surface area contributed by atoms with Gasteiger partial charge in [-0.3, -0.25) is 9.59 Å². The smallest absolute Gasteiger partial charge is 0.305 e. The Morgan fingerprint density at radius 3 is 1.04 bits per heavy atom. The van der Waals surface area contributed by atoms with Gasteiger partial charge in [0.05, 0.1) is 25.4 Å². The molecule has 2 unspecified atom stereocenters. The zero-order chi connectivity index (χ0) is 49.3. The van der Waals surface area contributed by atoms with E-state index in [4.69, 9.17) is 4.74 Å². The monoisotopic (exact) mass is 960 g/mol. The Morgan fingerprint density at radius 1 is 0.397 bits per heavy atom. The Kier molecular flexibility index (Phi) is 57.0. The van der Waals surface area contributed by atoms with E-state index in [0.717, 1.165) is 38.5 Å². The highest BCUT2D eigenvalue weighted by Gasteiger charge is 2.20. The number of amides is 1. The number of allylic oxidation sites excluding steroid dienone is 2. The molecule has 404 valence electrons. The van der Waals surface area contributed by atoms with Crippen molar-refractivity contribution in [3.63, 3.8) is 0 Å². The van der Waals surface area contributed by atoms with E-state index in [1.807, 2.05) is 0 Å². The molecule has 2 atom stereocenters. The number of carbonyl (C=O) groups is 2. The fraction of sp³-hybridized carbons (Fsp3) is 0.935. The molecule has 0 fully saturated rings. The zero-order valence-corrected chi connectivity index (χ0v) is 46.1. The number of hydrogen-bond acceptors (Lipinski definition) is 5. The molecule has 0 aliphatic heterocycles. The molecule has 1 amide bonds. The Bertz CT molecular complexity index is 1020. The molecule has 3 N–H and O–H groups in total. The van der Waals surface area contributed by atoms with Gasteiger partial charge in [-0.1, -0.05) is 296 Å². The first-order chi connectivity index (χ1) is 33.5. The van der Waals surface area contributed by atoms with Crippen molar-refractivity contribution in [1.82, 2.24) is 5.32 Å². The van der Waals surface area contributed by atoms with E-state index < -0.39 is 12.1 Å². The molecule has 0 radical (unpaired) electrons. The second-order valence-corrected chi connectivity index (χ2v) is 21.4. The molecule has 0 aliphatic carbocycles. The van der Waals surface area contributed by atoms with Crippen LogP contribution in [-0.4, -0.2) is 47.4 Å². The maximum atomic E-state index is 12.5. The van der Waals surface area contributed by atoms with Crippen LogP contribution in [0.3, 0.4) is 0 Å². The number of rotatable bonds is 58. The number of aliphatic hydroxyl groups is 2. The lowest BCUT2D eigenvalue weighted by molar-refractivity contribution is -0.143. The number of hydrogen-bond donors (Lipinski definition) is 3. The normalized spacial score (nSPS) is 12.6. The van der Waals surface area contributed by atoms with E-state index >= 15 is 0 Å². The molecule has 0 bridgehead atoms. The largest absolute Gasteiger partial charge is 0.466 e. The van der Waals surface area contributed by atoms with Gasteiger partial charge in [0.1, 0.15) is 0 Å². The second kappa shape index (κ2) is 58.2. The molecule has 0 heterocycles. The highest BCUT2D eigenvalue weighted by Crippen LogP contribution is 2.18. The average Bonchev–Trinajstić information content (AvgIpc) is 3.34. The van der Waals surface area contributed by atoms with Crippen LogP contribution in [-0.2, 0) is 14.3 Å². The van der Waals surface area contributed by atoms with Crippen molar-refractivity contribution in [3.8, 4) is 0 Å². The summed E-state index contributed by atoms with van der Waals surface area (Å²) in [6.07, 6.45) is 69.3. The quantitative estimate of drug-likeness (QED) is 0.0321. The van der Waals surface area contributed by atoms with E-state index in [1.165, 1.54) is 276 Å². The Hall–Kier alpha value is -1.40. The van der Waals surface area contributed by atoms with Crippen molar-refractivity contribution in [1.29, 1.82) is 0 Å². The fourth-order valence-corrected chi connectivity index (χ4v) is 9.81. The number of aliphatic hydroxyl groups excluding tert-OH is 2. The van der Waals surface area contributed by atoms with Gasteiger partial charge in [0.2, 0.25) is 5.91 Å². The Labute approximate surface area is 425 Å². The summed E-state index contributed by atoms with van der Waals surface area (Å²) in [6.45, 7) is 4.97. The lowest BCUT2D eigenvalue weighted by atomic mass is 10.0. The van der Waals surface area contributed by atoms with Gasteiger partial charge in [-0.15, -0.1) is 0 Å². The maximum Gasteiger partial charge on any atom is 0.305 e. The summed E-state index contributed by atoms with van der Waals surface area (Å²) in [5, 5.41) is 23.2. The molecule has 6 heteroatoms. The van der Waals surface area contributed by atoms with Crippen molar-refractivity contribution in [3.05, 3.63) is 12.2 Å². The van der Waals surface area contributed by atoms with Crippen LogP contribution in [0, 0.1) is 0 Å². The molecule has 0 rings (SSSR count). The third-order valence-electron chi connectivity index (χ3n) is 14.6. The first-order valence-corrected chi connectivity index (χ1v) is 30.9. The number of nitrogens with one attached hydrogen (secondary N) is 1. The number of unbranched alkanes of at least 4 members (excludes halogenated alkanes) is 45. The SMILES string of the molecule is CCCCCCCCCCCCCCCCCCCCC(=O)OCCCCCCCCCCC/C=C\CCCCCCCCCC(=O)NC(CO)C(O)CCCCCCCCCCCCCCC. The van der Waals surface area contributed by atoms with Crippen LogP contribution in [0.25, 0.3) is 0 Å². The minimum Gasteiger partial charge on any atom is -0.466 e. The Morgan fingerprint density at radius 2 is 0.691 bits per heavy atom. The molecular formula is C62H121NO5. The van der Waals surface area contributed by atoms with Crippen molar-refractivity contribution in [2.75, 3.05) is 13.2 Å². The number of carbonyl (C=O) groups excluding carboxylic acids is 2. The predicted molar refractivity (Wildman–Crippen MR) is 297 cm³/mol. The van der Waals surface area contributed by atoms with Crippen LogP contribution in [0.1, 0.15) is 348 Å². The maximum absolute atomic E-state index is 12.5. The minimum absolute atomic E-state index is 0.0113. The van der Waals surface area contributed by atoms with Crippen molar-refractivity contribution >= 4 is 11.9 Å². The van der Waals surface area contributed by atoms with Gasteiger partial charge in [-0.25, -0.2) is 0 Å². The molecule has 0 aliphatic rings. The number of ether oxygens (including phenoxy) is 1. The zero-order valence-electron chi connectivity index (χ0n) is 46.1. The molecular weight excluding hydrogens is 839 g/mol. The molecule has 0 saturated heterocycles. The van der Waals surface area contributed by atoms with Gasteiger partial charge in [0, 0.05) is 12.8 Å². The van der Waals surface area contributed by atoms with Crippen molar-refractivity contribution in [2.45, 2.75) is 360 Å². The van der Waals surface area contributed by atoms with Crippen molar-refractivity contribution in [2.24, 2.45) is 0 Å². The van der Waals surface area contributed by atoms with Gasteiger partial charge < -0.3 is 20.3 Å².